The second-order valence-corrected chi connectivity index (χ2v) is 11.7. The van der Waals surface area contributed by atoms with E-state index in [-0.39, 0.29) is 65.3 Å². The van der Waals surface area contributed by atoms with Gasteiger partial charge in [-0.15, -0.1) is 0 Å². The number of hydrogen-bond donors (Lipinski definition) is 4. The van der Waals surface area contributed by atoms with Crippen LogP contribution in [0, 0.1) is 11.6 Å². The van der Waals surface area contributed by atoms with Crippen molar-refractivity contribution in [2.24, 2.45) is 0 Å². The molecule has 0 saturated carbocycles. The van der Waals surface area contributed by atoms with E-state index in [2.05, 4.69) is 16.0 Å². The molecule has 3 heterocycles. The lowest BCUT2D eigenvalue weighted by Crippen LogP contribution is -2.48. The first kappa shape index (κ1) is 33.9. The van der Waals surface area contributed by atoms with Crippen molar-refractivity contribution in [2.75, 3.05) is 66.6 Å². The third kappa shape index (κ3) is 7.11. The Labute approximate surface area is 274 Å². The molecule has 1 fully saturated rings. The smallest absolute Gasteiger partial charge is 0.341 e. The van der Waals surface area contributed by atoms with Crippen LogP contribution in [0.4, 0.5) is 25.8 Å². The Kier molecular flexibility index (Phi) is 10.0. The number of carboxylic acids is 1. The Morgan fingerprint density at radius 3 is 2.33 bits per heavy atom. The first-order valence-electron chi connectivity index (χ1n) is 15.5. The van der Waals surface area contributed by atoms with E-state index in [0.29, 0.717) is 38.9 Å². The number of amides is 3. The number of aromatic carboxylic acids is 1. The Bertz CT molecular complexity index is 1820. The molecule has 0 spiro atoms. The summed E-state index contributed by atoms with van der Waals surface area (Å²) in [5.74, 6) is -3.64. The maximum atomic E-state index is 15.6. The third-order valence-corrected chi connectivity index (χ3v) is 8.29. The van der Waals surface area contributed by atoms with E-state index in [1.54, 1.807) is 34.0 Å². The highest BCUT2D eigenvalue weighted by atomic mass is 19.1. The van der Waals surface area contributed by atoms with Gasteiger partial charge in [0.05, 0.1) is 11.1 Å². The molecule has 0 radical (unpaired) electrons. The average molecular weight is 670 g/mol. The fourth-order valence-corrected chi connectivity index (χ4v) is 5.96. The van der Waals surface area contributed by atoms with Crippen LogP contribution >= 0.6 is 0 Å². The fourth-order valence-electron chi connectivity index (χ4n) is 5.96. The standard InChI is InChI=1S/C32H37F2N7O7/c1-18(42)35-9-5-4-6-25(36-19(2)43)31(45)37-20-7-8-26(23(33)14-20)39-10-12-40(13-11-39)28-24(34)15-21-27-30(28)48-17-38(3)41(27)16-22(29(21)44)32(46)47/h7-8,14-16,25H,4-6,9-13,17H2,1-3H3,(H,35,42)(H,36,43)(H,37,45)(H,46,47)/t25-/m1/s1. The van der Waals surface area contributed by atoms with Gasteiger partial charge in [-0.3, -0.25) is 28.9 Å². The van der Waals surface area contributed by atoms with Crippen LogP contribution in [0.2, 0.25) is 0 Å². The van der Waals surface area contributed by atoms with Gasteiger partial charge in [0.25, 0.3) is 0 Å². The summed E-state index contributed by atoms with van der Waals surface area (Å²) in [6, 6.07) is 4.49. The summed E-state index contributed by atoms with van der Waals surface area (Å²) in [5, 5.41) is 18.9. The lowest BCUT2D eigenvalue weighted by Gasteiger charge is -2.39. The van der Waals surface area contributed by atoms with E-state index in [4.69, 9.17) is 4.74 Å². The number of hydrogen-bond acceptors (Lipinski definition) is 9. The molecule has 3 amide bonds. The Hall–Kier alpha value is -5.41. The quantitative estimate of drug-likeness (QED) is 0.222. The molecule has 1 atom stereocenters. The number of nitrogens with zero attached hydrogens (tertiary/aromatic N) is 4. The summed E-state index contributed by atoms with van der Waals surface area (Å²) in [6.07, 6.45) is 2.72. The van der Waals surface area contributed by atoms with Crippen molar-refractivity contribution in [3.63, 3.8) is 0 Å². The van der Waals surface area contributed by atoms with E-state index >= 15 is 8.78 Å². The molecule has 3 aromatic rings. The van der Waals surface area contributed by atoms with E-state index in [9.17, 15) is 29.1 Å². The highest BCUT2D eigenvalue weighted by molar-refractivity contribution is 5.98. The summed E-state index contributed by atoms with van der Waals surface area (Å²) in [7, 11) is 1.64. The zero-order valence-corrected chi connectivity index (χ0v) is 26.8. The number of ether oxygens (including phenoxy) is 1. The SMILES string of the molecule is CC(=O)NCCCC[C@@H](NC(C)=O)C(=O)Nc1ccc(N2CCN(c3c(F)cc4c(=O)c(C(=O)O)cn5c4c3OCN5C)CC2)c(F)c1. The van der Waals surface area contributed by atoms with Gasteiger partial charge in [0, 0.05) is 65.5 Å². The van der Waals surface area contributed by atoms with Crippen molar-refractivity contribution in [1.29, 1.82) is 0 Å². The van der Waals surface area contributed by atoms with Gasteiger partial charge < -0.3 is 35.6 Å². The van der Waals surface area contributed by atoms with Crippen molar-refractivity contribution < 1.29 is 37.8 Å². The minimum Gasteiger partial charge on any atom is -0.477 e. The number of carbonyl (C=O) groups excluding carboxylic acids is 3. The number of anilines is 3. The highest BCUT2D eigenvalue weighted by Crippen LogP contribution is 2.40. The maximum Gasteiger partial charge on any atom is 0.341 e. The average Bonchev–Trinajstić information content (AvgIpc) is 3.02. The second kappa shape index (κ2) is 14.1. The first-order valence-corrected chi connectivity index (χ1v) is 15.5. The summed E-state index contributed by atoms with van der Waals surface area (Å²) < 4.78 is 38.4. The van der Waals surface area contributed by atoms with Crippen molar-refractivity contribution in [3.05, 3.63) is 57.9 Å². The molecule has 2 aliphatic rings. The monoisotopic (exact) mass is 669 g/mol. The van der Waals surface area contributed by atoms with Crippen LogP contribution in [0.15, 0.2) is 35.3 Å². The van der Waals surface area contributed by atoms with Gasteiger partial charge in [-0.1, -0.05) is 0 Å². The molecule has 14 nitrogen and oxygen atoms in total. The number of piperazine rings is 1. The van der Waals surface area contributed by atoms with E-state index < -0.39 is 40.5 Å². The molecule has 0 bridgehead atoms. The molecule has 1 aromatic heterocycles. The minimum atomic E-state index is -1.42. The number of halogens is 2. The van der Waals surface area contributed by atoms with Gasteiger partial charge >= 0.3 is 5.97 Å². The van der Waals surface area contributed by atoms with Crippen LogP contribution < -0.4 is 40.9 Å². The van der Waals surface area contributed by atoms with Crippen molar-refractivity contribution in [3.8, 4) is 5.75 Å². The molecule has 16 heteroatoms. The Morgan fingerprint density at radius 1 is 0.979 bits per heavy atom. The number of aromatic nitrogens is 1. The first-order chi connectivity index (χ1) is 22.8. The van der Waals surface area contributed by atoms with E-state index in [1.807, 2.05) is 0 Å². The number of rotatable bonds is 11. The van der Waals surface area contributed by atoms with Gasteiger partial charge in [-0.25, -0.2) is 13.6 Å². The third-order valence-electron chi connectivity index (χ3n) is 8.29. The number of nitrogens with one attached hydrogen (secondary N) is 3. The molecule has 4 N–H and O–H groups in total. The van der Waals surface area contributed by atoms with Gasteiger partial charge in [-0.2, -0.15) is 0 Å². The molecule has 5 rings (SSSR count). The van der Waals surface area contributed by atoms with Crippen molar-refractivity contribution in [2.45, 2.75) is 39.2 Å². The molecule has 0 aliphatic carbocycles. The lowest BCUT2D eigenvalue weighted by atomic mass is 10.1. The predicted molar refractivity (Wildman–Crippen MR) is 174 cm³/mol. The zero-order valence-electron chi connectivity index (χ0n) is 26.8. The molecular formula is C32H37F2N7O7. The molecular weight excluding hydrogens is 632 g/mol. The number of unbranched alkanes of at least 4 members (excludes halogenated alkanes) is 1. The number of carbonyl (C=O) groups is 4. The van der Waals surface area contributed by atoms with Crippen LogP contribution in [0.3, 0.4) is 0 Å². The molecule has 256 valence electrons. The van der Waals surface area contributed by atoms with Crippen molar-refractivity contribution in [1.82, 2.24) is 15.3 Å². The van der Waals surface area contributed by atoms with Crippen LogP contribution in [0.1, 0.15) is 43.5 Å². The topological polar surface area (TPSA) is 166 Å². The van der Waals surface area contributed by atoms with Crippen LogP contribution in [0.25, 0.3) is 10.9 Å². The normalized spacial score (nSPS) is 14.7. The van der Waals surface area contributed by atoms with Crippen molar-refractivity contribution >= 4 is 51.7 Å². The summed E-state index contributed by atoms with van der Waals surface area (Å²) >= 11 is 0. The number of carboxylic acid groups (broad SMARTS) is 1. The van der Waals surface area contributed by atoms with Gasteiger partial charge in [-0.05, 0) is 43.5 Å². The summed E-state index contributed by atoms with van der Waals surface area (Å²) in [5.41, 5.74) is -0.412. The minimum absolute atomic E-state index is 0.0152. The van der Waals surface area contributed by atoms with Gasteiger partial charge in [0.15, 0.2) is 18.3 Å². The molecule has 0 unspecified atom stereocenters. The Balaban J connectivity index is 1.27. The number of benzene rings is 2. The molecule has 48 heavy (non-hydrogen) atoms. The predicted octanol–water partition coefficient (Wildman–Crippen LogP) is 1.97. The van der Waals surface area contributed by atoms with E-state index in [0.717, 1.165) is 6.07 Å². The van der Waals surface area contributed by atoms with E-state index in [1.165, 1.54) is 30.8 Å². The maximum absolute atomic E-state index is 15.6. The summed E-state index contributed by atoms with van der Waals surface area (Å²) in [6.45, 7) is 4.34. The number of pyridine rings is 1. The second-order valence-electron chi connectivity index (χ2n) is 11.7. The lowest BCUT2D eigenvalue weighted by molar-refractivity contribution is -0.125. The largest absolute Gasteiger partial charge is 0.477 e. The fraction of sp³-hybridized carbons (Fsp3) is 0.406. The van der Waals surface area contributed by atoms with Crippen LogP contribution in [-0.4, -0.2) is 86.0 Å². The Morgan fingerprint density at radius 2 is 1.69 bits per heavy atom. The van der Waals surface area contributed by atoms with Gasteiger partial charge in [0.1, 0.15) is 28.6 Å². The molecule has 2 aromatic carbocycles. The van der Waals surface area contributed by atoms with Gasteiger partial charge in [0.2, 0.25) is 23.2 Å². The molecule has 2 aliphatic heterocycles. The van der Waals surface area contributed by atoms with Crippen LogP contribution in [-0.2, 0) is 14.4 Å². The molecule has 1 saturated heterocycles. The summed E-state index contributed by atoms with van der Waals surface area (Å²) in [4.78, 5) is 63.8. The zero-order chi connectivity index (χ0) is 34.7. The van der Waals surface area contributed by atoms with Crippen LogP contribution in [0.5, 0.6) is 5.75 Å². The highest BCUT2D eigenvalue weighted by Gasteiger charge is 2.31.